The van der Waals surface area contributed by atoms with Gasteiger partial charge in [0.15, 0.2) is 6.61 Å². The number of benzene rings is 2. The van der Waals surface area contributed by atoms with Gasteiger partial charge in [-0.15, -0.1) is 6.58 Å². The quantitative estimate of drug-likeness (QED) is 0.255. The third-order valence-corrected chi connectivity index (χ3v) is 3.93. The lowest BCUT2D eigenvalue weighted by molar-refractivity contribution is -0.139. The molecule has 2 aromatic rings. The molecule has 0 aliphatic heterocycles. The molecule has 2 rings (SSSR count). The molecule has 0 aliphatic carbocycles. The van der Waals surface area contributed by atoms with Crippen LogP contribution in [-0.4, -0.2) is 37.1 Å². The van der Waals surface area contributed by atoms with E-state index >= 15 is 0 Å². The van der Waals surface area contributed by atoms with Crippen LogP contribution in [0.2, 0.25) is 0 Å². The molecule has 2 aromatic carbocycles. The molecule has 3 N–H and O–H groups in total. The third kappa shape index (κ3) is 6.90. The van der Waals surface area contributed by atoms with E-state index in [9.17, 15) is 14.4 Å². The summed E-state index contributed by atoms with van der Waals surface area (Å²) in [5.74, 6) is -1.61. The molecule has 30 heavy (non-hydrogen) atoms. The fourth-order valence-corrected chi connectivity index (χ4v) is 2.46. The van der Waals surface area contributed by atoms with E-state index in [1.165, 1.54) is 12.3 Å². The first-order chi connectivity index (χ1) is 14.5. The molecule has 0 aromatic heterocycles. The number of hydrogen-bond donors (Lipinski definition) is 3. The number of carbonyl (C=O) groups excluding carboxylic acids is 3. The van der Waals surface area contributed by atoms with Crippen LogP contribution in [0.25, 0.3) is 0 Å². The van der Waals surface area contributed by atoms with Gasteiger partial charge in [0.05, 0.1) is 6.21 Å². The van der Waals surface area contributed by atoms with Gasteiger partial charge in [0.25, 0.3) is 5.91 Å². The second-order valence-electron chi connectivity index (χ2n) is 6.08. The average molecular weight is 408 g/mol. The van der Waals surface area contributed by atoms with Crippen LogP contribution in [0.4, 0.5) is 5.69 Å². The molecule has 0 fully saturated rings. The zero-order valence-corrected chi connectivity index (χ0v) is 16.7. The van der Waals surface area contributed by atoms with E-state index in [0.29, 0.717) is 11.3 Å². The smallest absolute Gasteiger partial charge is 0.329 e. The van der Waals surface area contributed by atoms with Crippen molar-refractivity contribution in [2.45, 2.75) is 13.3 Å². The zero-order valence-electron chi connectivity index (χ0n) is 16.7. The zero-order chi connectivity index (χ0) is 21.8. The molecular formula is C22H24N4O4. The topological polar surface area (TPSA) is 109 Å². The van der Waals surface area contributed by atoms with Crippen LogP contribution in [0, 0.1) is 0 Å². The maximum absolute atomic E-state index is 12.3. The second-order valence-corrected chi connectivity index (χ2v) is 6.08. The van der Waals surface area contributed by atoms with Crippen LogP contribution in [-0.2, 0) is 20.8 Å². The molecule has 8 nitrogen and oxygen atoms in total. The van der Waals surface area contributed by atoms with Gasteiger partial charge < -0.3 is 15.4 Å². The molecule has 0 atom stereocenters. The van der Waals surface area contributed by atoms with Crippen LogP contribution in [0.5, 0.6) is 5.75 Å². The fraction of sp³-hybridized carbons (Fsp3) is 0.182. The van der Waals surface area contributed by atoms with Crippen molar-refractivity contribution in [2.75, 3.05) is 18.5 Å². The number of para-hydroxylation sites is 2. The van der Waals surface area contributed by atoms with Crippen molar-refractivity contribution in [1.29, 1.82) is 0 Å². The summed E-state index contributed by atoms with van der Waals surface area (Å²) in [7, 11) is 0. The van der Waals surface area contributed by atoms with E-state index in [1.807, 2.05) is 31.2 Å². The van der Waals surface area contributed by atoms with Crippen molar-refractivity contribution in [3.63, 3.8) is 0 Å². The van der Waals surface area contributed by atoms with Crippen LogP contribution >= 0.6 is 0 Å². The second kappa shape index (κ2) is 11.8. The molecule has 8 heteroatoms. The van der Waals surface area contributed by atoms with Crippen LogP contribution in [0.1, 0.15) is 18.1 Å². The summed E-state index contributed by atoms with van der Waals surface area (Å²) in [6.45, 7) is 5.44. The molecule has 0 heterocycles. The summed E-state index contributed by atoms with van der Waals surface area (Å²) in [5.41, 5.74) is 4.44. The van der Waals surface area contributed by atoms with Crippen molar-refractivity contribution >= 4 is 29.6 Å². The minimum atomic E-state index is -0.902. The van der Waals surface area contributed by atoms with Crippen LogP contribution in [0.3, 0.4) is 0 Å². The summed E-state index contributed by atoms with van der Waals surface area (Å²) in [5, 5.41) is 8.93. The Morgan fingerprint density at radius 1 is 1.07 bits per heavy atom. The van der Waals surface area contributed by atoms with Crippen molar-refractivity contribution < 1.29 is 19.1 Å². The normalized spacial score (nSPS) is 10.3. The van der Waals surface area contributed by atoms with Gasteiger partial charge in [0.1, 0.15) is 5.75 Å². The molecule has 0 aliphatic rings. The van der Waals surface area contributed by atoms with E-state index in [2.05, 4.69) is 27.7 Å². The Morgan fingerprint density at radius 2 is 1.80 bits per heavy atom. The highest BCUT2D eigenvalue weighted by atomic mass is 16.5. The summed E-state index contributed by atoms with van der Waals surface area (Å²) >= 11 is 0. The number of carbonyl (C=O) groups is 3. The number of hydrogen-bond acceptors (Lipinski definition) is 5. The van der Waals surface area contributed by atoms with Crippen LogP contribution < -0.4 is 20.8 Å². The minimum absolute atomic E-state index is 0.178. The van der Waals surface area contributed by atoms with Crippen molar-refractivity contribution in [2.24, 2.45) is 5.10 Å². The first-order valence-corrected chi connectivity index (χ1v) is 9.36. The third-order valence-electron chi connectivity index (χ3n) is 3.93. The van der Waals surface area contributed by atoms with Crippen LogP contribution in [0.15, 0.2) is 66.3 Å². The summed E-state index contributed by atoms with van der Waals surface area (Å²) in [6.07, 6.45) is 3.59. The number of ether oxygens (including phenoxy) is 1. The Labute approximate surface area is 175 Å². The van der Waals surface area contributed by atoms with Gasteiger partial charge in [-0.05, 0) is 30.2 Å². The predicted octanol–water partition coefficient (Wildman–Crippen LogP) is 2.02. The molecule has 156 valence electrons. The van der Waals surface area contributed by atoms with Gasteiger partial charge in [0.2, 0.25) is 0 Å². The standard InChI is InChI=1S/C22H24N4O4/c1-3-13-23-21(28)22(29)26-24-14-17-10-6-8-12-19(17)30-15-20(27)25-18-11-7-5-9-16(18)4-2/h3,5-12,14H,1,4,13,15H2,2H3,(H,23,28)(H,25,27)(H,26,29)/b24-14-. The highest BCUT2D eigenvalue weighted by molar-refractivity contribution is 6.35. The molecule has 3 amide bonds. The number of nitrogens with one attached hydrogen (secondary N) is 3. The summed E-state index contributed by atoms with van der Waals surface area (Å²) < 4.78 is 5.60. The Hall–Kier alpha value is -3.94. The molecule has 0 saturated heterocycles. The highest BCUT2D eigenvalue weighted by Gasteiger charge is 2.11. The fourth-order valence-electron chi connectivity index (χ4n) is 2.46. The molecule has 0 spiro atoms. The maximum Gasteiger partial charge on any atom is 0.329 e. The van der Waals surface area contributed by atoms with Gasteiger partial charge in [-0.1, -0.05) is 43.3 Å². The lowest BCUT2D eigenvalue weighted by atomic mass is 10.1. The van der Waals surface area contributed by atoms with Gasteiger partial charge in [0, 0.05) is 17.8 Å². The molecule has 0 radical (unpaired) electrons. The van der Waals surface area contributed by atoms with E-state index in [4.69, 9.17) is 4.74 Å². The van der Waals surface area contributed by atoms with E-state index in [-0.39, 0.29) is 19.1 Å². The number of aryl methyl sites for hydroxylation is 1. The van der Waals surface area contributed by atoms with E-state index in [0.717, 1.165) is 17.7 Å². The van der Waals surface area contributed by atoms with Gasteiger partial charge in [-0.2, -0.15) is 5.10 Å². The lowest BCUT2D eigenvalue weighted by Crippen LogP contribution is -2.37. The largest absolute Gasteiger partial charge is 0.483 e. The van der Waals surface area contributed by atoms with Crippen molar-refractivity contribution in [3.8, 4) is 5.75 Å². The lowest BCUT2D eigenvalue weighted by Gasteiger charge is -2.11. The highest BCUT2D eigenvalue weighted by Crippen LogP contribution is 2.17. The predicted molar refractivity (Wildman–Crippen MR) is 115 cm³/mol. The first-order valence-electron chi connectivity index (χ1n) is 9.36. The van der Waals surface area contributed by atoms with E-state index < -0.39 is 11.8 Å². The number of anilines is 1. The molecular weight excluding hydrogens is 384 g/mol. The minimum Gasteiger partial charge on any atom is -0.483 e. The van der Waals surface area contributed by atoms with E-state index in [1.54, 1.807) is 24.3 Å². The van der Waals surface area contributed by atoms with Gasteiger partial charge in [-0.25, -0.2) is 5.43 Å². The number of hydrazone groups is 1. The van der Waals surface area contributed by atoms with Crippen molar-refractivity contribution in [1.82, 2.24) is 10.7 Å². The van der Waals surface area contributed by atoms with Crippen molar-refractivity contribution in [3.05, 3.63) is 72.3 Å². The molecule has 0 saturated carbocycles. The Balaban J connectivity index is 1.93. The number of amides is 3. The van der Waals surface area contributed by atoms with Gasteiger partial charge in [-0.3, -0.25) is 14.4 Å². The SMILES string of the molecule is C=CCNC(=O)C(=O)N/N=C\c1ccccc1OCC(=O)Nc1ccccc1CC. The Morgan fingerprint density at radius 3 is 2.57 bits per heavy atom. The maximum atomic E-state index is 12.3. The first kappa shape index (κ1) is 22.4. The monoisotopic (exact) mass is 408 g/mol. The van der Waals surface area contributed by atoms with Gasteiger partial charge >= 0.3 is 11.8 Å². The average Bonchev–Trinajstić information content (AvgIpc) is 2.77. The summed E-state index contributed by atoms with van der Waals surface area (Å²) in [4.78, 5) is 35.3. The molecule has 0 unspecified atom stereocenters. The Kier molecular flexibility index (Phi) is 8.79. The molecule has 0 bridgehead atoms. The number of nitrogens with zero attached hydrogens (tertiary/aromatic N) is 1. The number of rotatable bonds is 9. The Bertz CT molecular complexity index is 940. The summed E-state index contributed by atoms with van der Waals surface area (Å²) in [6, 6.07) is 14.4.